The van der Waals surface area contributed by atoms with Crippen LogP contribution in [0.4, 0.5) is 0 Å². The fraction of sp³-hybridized carbons (Fsp3) is 0.867. The molecule has 0 aromatic heterocycles. The molecule has 0 radical (unpaired) electrons. The molecule has 6 heteroatoms. The topological polar surface area (TPSA) is 61.4 Å². The van der Waals surface area contributed by atoms with E-state index in [2.05, 4.69) is 17.6 Å². The average Bonchev–Trinajstić information content (AvgIpc) is 2.48. The Bertz CT molecular complexity index is 346. The normalized spacial score (nSPS) is 23.3. The van der Waals surface area contributed by atoms with Crippen LogP contribution in [0.1, 0.15) is 45.4 Å². The molecule has 1 heterocycles. The van der Waals surface area contributed by atoms with E-state index in [1.807, 2.05) is 4.90 Å². The Morgan fingerprint density at radius 1 is 1.24 bits per heavy atom. The van der Waals surface area contributed by atoms with E-state index < -0.39 is 0 Å². The fourth-order valence-electron chi connectivity index (χ4n) is 3.16. The molecule has 2 amide bonds. The largest absolute Gasteiger partial charge is 0.355 e. The van der Waals surface area contributed by atoms with Gasteiger partial charge in [-0.05, 0) is 19.8 Å². The quantitative estimate of drug-likeness (QED) is 0.822. The maximum Gasteiger partial charge on any atom is 0.224 e. The van der Waals surface area contributed by atoms with E-state index >= 15 is 0 Å². The van der Waals surface area contributed by atoms with Gasteiger partial charge in [0.1, 0.15) is 0 Å². The Labute approximate surface area is 133 Å². The third-order valence-electron chi connectivity index (χ3n) is 4.44. The highest BCUT2D eigenvalue weighted by molar-refractivity contribution is 5.85. The van der Waals surface area contributed by atoms with Crippen molar-refractivity contribution in [1.29, 1.82) is 0 Å². The second-order valence-corrected chi connectivity index (χ2v) is 6.02. The van der Waals surface area contributed by atoms with Gasteiger partial charge >= 0.3 is 0 Å². The number of rotatable bonds is 4. The van der Waals surface area contributed by atoms with Crippen molar-refractivity contribution in [2.75, 3.05) is 26.2 Å². The van der Waals surface area contributed by atoms with Crippen molar-refractivity contribution in [2.24, 2.45) is 5.92 Å². The number of carbonyl (C=O) groups excluding carboxylic acids is 2. The summed E-state index contributed by atoms with van der Waals surface area (Å²) in [4.78, 5) is 26.0. The zero-order valence-corrected chi connectivity index (χ0v) is 13.7. The minimum atomic E-state index is 0. The van der Waals surface area contributed by atoms with E-state index in [4.69, 9.17) is 0 Å². The predicted octanol–water partition coefficient (Wildman–Crippen LogP) is 1.32. The summed E-state index contributed by atoms with van der Waals surface area (Å²) >= 11 is 0. The zero-order valence-electron chi connectivity index (χ0n) is 12.9. The molecule has 21 heavy (non-hydrogen) atoms. The second-order valence-electron chi connectivity index (χ2n) is 6.02. The van der Waals surface area contributed by atoms with Gasteiger partial charge in [-0.3, -0.25) is 9.59 Å². The number of halogens is 1. The predicted molar refractivity (Wildman–Crippen MR) is 85.5 cm³/mol. The van der Waals surface area contributed by atoms with Crippen molar-refractivity contribution in [2.45, 2.75) is 51.5 Å². The summed E-state index contributed by atoms with van der Waals surface area (Å²) in [5.41, 5.74) is 0. The zero-order chi connectivity index (χ0) is 14.4. The van der Waals surface area contributed by atoms with Crippen molar-refractivity contribution in [1.82, 2.24) is 15.5 Å². The van der Waals surface area contributed by atoms with Crippen LogP contribution >= 0.6 is 12.4 Å². The molecule has 1 aliphatic heterocycles. The number of hydrogen-bond acceptors (Lipinski definition) is 3. The fourth-order valence-corrected chi connectivity index (χ4v) is 3.16. The van der Waals surface area contributed by atoms with E-state index in [1.165, 1.54) is 6.42 Å². The first kappa shape index (κ1) is 18.2. The third-order valence-corrected chi connectivity index (χ3v) is 4.44. The molecule has 2 aliphatic rings. The number of carbonyl (C=O) groups is 2. The summed E-state index contributed by atoms with van der Waals surface area (Å²) in [7, 11) is 0. The Kier molecular flexibility index (Phi) is 8.04. The highest BCUT2D eigenvalue weighted by Gasteiger charge is 2.24. The monoisotopic (exact) mass is 317 g/mol. The lowest BCUT2D eigenvalue weighted by atomic mass is 9.89. The number of nitrogens with one attached hydrogen (secondary N) is 2. The molecule has 0 aromatic carbocycles. The molecule has 2 N–H and O–H groups in total. The molecular weight excluding hydrogens is 290 g/mol. The molecule has 0 unspecified atom stereocenters. The maximum absolute atomic E-state index is 12.1. The van der Waals surface area contributed by atoms with E-state index in [0.29, 0.717) is 13.0 Å². The van der Waals surface area contributed by atoms with Gasteiger partial charge in [-0.15, -0.1) is 12.4 Å². The first-order chi connectivity index (χ1) is 9.68. The molecule has 0 aromatic rings. The molecule has 5 nitrogen and oxygen atoms in total. The van der Waals surface area contributed by atoms with Crippen LogP contribution in [0.25, 0.3) is 0 Å². The van der Waals surface area contributed by atoms with Gasteiger partial charge < -0.3 is 15.5 Å². The van der Waals surface area contributed by atoms with Crippen LogP contribution in [0.15, 0.2) is 0 Å². The lowest BCUT2D eigenvalue weighted by Crippen LogP contribution is -2.52. The van der Waals surface area contributed by atoms with Gasteiger partial charge in [-0.25, -0.2) is 0 Å². The van der Waals surface area contributed by atoms with Crippen LogP contribution in [0.3, 0.4) is 0 Å². The van der Waals surface area contributed by atoms with Gasteiger partial charge in [-0.2, -0.15) is 0 Å². The summed E-state index contributed by atoms with van der Waals surface area (Å²) in [6.45, 7) is 5.04. The first-order valence-electron chi connectivity index (χ1n) is 7.96. The Balaban J connectivity index is 0.00000220. The van der Waals surface area contributed by atoms with Gasteiger partial charge in [-0.1, -0.05) is 19.3 Å². The van der Waals surface area contributed by atoms with Crippen molar-refractivity contribution < 1.29 is 9.59 Å². The van der Waals surface area contributed by atoms with Crippen molar-refractivity contribution in [3.63, 3.8) is 0 Å². The summed E-state index contributed by atoms with van der Waals surface area (Å²) in [6, 6.07) is 0.255. The van der Waals surface area contributed by atoms with Crippen LogP contribution in [0.5, 0.6) is 0 Å². The lowest BCUT2D eigenvalue weighted by molar-refractivity contribution is -0.134. The van der Waals surface area contributed by atoms with E-state index in [-0.39, 0.29) is 36.2 Å². The molecule has 2 fully saturated rings. The molecule has 1 atom stereocenters. The molecule has 1 saturated carbocycles. The van der Waals surface area contributed by atoms with Crippen LogP contribution in [-0.2, 0) is 9.59 Å². The Morgan fingerprint density at radius 3 is 2.62 bits per heavy atom. The van der Waals surface area contributed by atoms with E-state index in [1.54, 1.807) is 0 Å². The van der Waals surface area contributed by atoms with E-state index in [0.717, 1.165) is 45.3 Å². The standard InChI is InChI=1S/C15H27N3O2.ClH/c1-12-11-16-9-10-18(12)14(19)7-8-17-15(20)13-5-3-2-4-6-13;/h12-13,16H,2-11H2,1H3,(H,17,20);1H/t12-;/m0./s1. The van der Waals surface area contributed by atoms with Gasteiger partial charge in [0, 0.05) is 44.6 Å². The number of amides is 2. The Morgan fingerprint density at radius 2 is 1.95 bits per heavy atom. The molecule has 122 valence electrons. The molecular formula is C15H28ClN3O2. The smallest absolute Gasteiger partial charge is 0.224 e. The van der Waals surface area contributed by atoms with Crippen molar-refractivity contribution in [3.05, 3.63) is 0 Å². The molecule has 1 saturated heterocycles. The van der Waals surface area contributed by atoms with Gasteiger partial charge in [0.15, 0.2) is 0 Å². The number of nitrogens with zero attached hydrogens (tertiary/aromatic N) is 1. The summed E-state index contributed by atoms with van der Waals surface area (Å²) in [5, 5.41) is 6.21. The molecule has 0 spiro atoms. The summed E-state index contributed by atoms with van der Waals surface area (Å²) < 4.78 is 0. The second kappa shape index (κ2) is 9.26. The lowest BCUT2D eigenvalue weighted by Gasteiger charge is -2.34. The SMILES string of the molecule is C[C@H]1CNCCN1C(=O)CCNC(=O)C1CCCCC1.Cl. The Hall–Kier alpha value is -0.810. The molecule has 0 bridgehead atoms. The number of hydrogen-bond donors (Lipinski definition) is 2. The number of piperazine rings is 1. The average molecular weight is 318 g/mol. The van der Waals surface area contributed by atoms with Gasteiger partial charge in [0.2, 0.25) is 11.8 Å². The minimum Gasteiger partial charge on any atom is -0.355 e. The van der Waals surface area contributed by atoms with Gasteiger partial charge in [0.05, 0.1) is 0 Å². The van der Waals surface area contributed by atoms with Crippen LogP contribution in [0.2, 0.25) is 0 Å². The van der Waals surface area contributed by atoms with Crippen LogP contribution in [-0.4, -0.2) is 48.9 Å². The molecule has 2 rings (SSSR count). The third kappa shape index (κ3) is 5.47. The van der Waals surface area contributed by atoms with Crippen molar-refractivity contribution >= 4 is 24.2 Å². The highest BCUT2D eigenvalue weighted by Crippen LogP contribution is 2.23. The van der Waals surface area contributed by atoms with Crippen LogP contribution < -0.4 is 10.6 Å². The van der Waals surface area contributed by atoms with Crippen molar-refractivity contribution in [3.8, 4) is 0 Å². The highest BCUT2D eigenvalue weighted by atomic mass is 35.5. The molecule has 1 aliphatic carbocycles. The summed E-state index contributed by atoms with van der Waals surface area (Å²) in [6.07, 6.45) is 6.01. The maximum atomic E-state index is 12.1. The van der Waals surface area contributed by atoms with E-state index in [9.17, 15) is 9.59 Å². The summed E-state index contributed by atoms with van der Waals surface area (Å²) in [5.74, 6) is 0.478. The van der Waals surface area contributed by atoms with Crippen LogP contribution in [0, 0.1) is 5.92 Å². The first-order valence-corrected chi connectivity index (χ1v) is 7.96. The minimum absolute atomic E-state index is 0. The van der Waals surface area contributed by atoms with Gasteiger partial charge in [0.25, 0.3) is 0 Å².